The van der Waals surface area contributed by atoms with E-state index >= 15 is 0 Å². The van der Waals surface area contributed by atoms with E-state index in [9.17, 15) is 28.4 Å². The fraction of sp³-hybridized carbons (Fsp3) is 0.423. The summed E-state index contributed by atoms with van der Waals surface area (Å²) in [6, 6.07) is 11.6. The smallest absolute Gasteiger partial charge is 0.252 e. The van der Waals surface area contributed by atoms with Crippen molar-refractivity contribution in [3.63, 3.8) is 0 Å². The number of carbonyl (C=O) groups excluding carboxylic acids is 3. The first-order chi connectivity index (χ1) is 18.5. The summed E-state index contributed by atoms with van der Waals surface area (Å²) in [6.45, 7) is 1.11. The van der Waals surface area contributed by atoms with Crippen LogP contribution in [0.2, 0.25) is 0 Å². The molecular formula is C26H33N4O8S-. The zero-order chi connectivity index (χ0) is 28.7. The maximum absolute atomic E-state index is 13.4. The van der Waals surface area contributed by atoms with Crippen molar-refractivity contribution in [3.05, 3.63) is 54.1 Å². The summed E-state index contributed by atoms with van der Waals surface area (Å²) in [5.41, 5.74) is 1.06. The van der Waals surface area contributed by atoms with Crippen molar-refractivity contribution in [1.82, 2.24) is 14.1 Å². The number of methoxy groups -OCH3 is 2. The Hall–Kier alpha value is -3.52. The molecule has 1 fully saturated rings. The predicted molar refractivity (Wildman–Crippen MR) is 142 cm³/mol. The number of nitrogens with zero attached hydrogens (tertiary/aromatic N) is 4. The van der Waals surface area contributed by atoms with Crippen LogP contribution < -0.4 is 14.5 Å². The van der Waals surface area contributed by atoms with Gasteiger partial charge in [0, 0.05) is 31.4 Å². The minimum Gasteiger partial charge on any atom is -0.760 e. The number of likely N-dealkylation sites (N-methyl/N-ethyl adjacent to an activating group) is 1. The molecule has 0 spiro atoms. The molecule has 0 aromatic heterocycles. The Balaban J connectivity index is 1.72. The molecule has 3 rings (SSSR count). The van der Waals surface area contributed by atoms with Crippen LogP contribution >= 0.6 is 0 Å². The predicted octanol–water partition coefficient (Wildman–Crippen LogP) is 1.21. The second-order valence-electron chi connectivity index (χ2n) is 9.14. The first-order valence-corrected chi connectivity index (χ1v) is 13.3. The normalized spacial score (nSPS) is 18.2. The van der Waals surface area contributed by atoms with E-state index < -0.39 is 41.7 Å². The van der Waals surface area contributed by atoms with Crippen molar-refractivity contribution < 1.29 is 37.8 Å². The number of hydrogen-bond acceptors (Lipinski definition) is 8. The minimum atomic E-state index is -2.70. The van der Waals surface area contributed by atoms with Crippen molar-refractivity contribution in [3.8, 4) is 11.5 Å². The Labute approximate surface area is 230 Å². The molecule has 0 aliphatic carbocycles. The Morgan fingerprint density at radius 2 is 1.64 bits per heavy atom. The Morgan fingerprint density at radius 1 is 1.08 bits per heavy atom. The van der Waals surface area contributed by atoms with E-state index in [-0.39, 0.29) is 31.1 Å². The second-order valence-corrected chi connectivity index (χ2v) is 10.1. The van der Waals surface area contributed by atoms with Gasteiger partial charge in [-0.2, -0.15) is 5.06 Å². The van der Waals surface area contributed by atoms with Gasteiger partial charge in [-0.25, -0.2) is 4.31 Å². The Kier molecular flexibility index (Phi) is 10.4. The fourth-order valence-electron chi connectivity index (χ4n) is 4.47. The molecule has 13 heteroatoms. The SMILES string of the molecule is COc1ccc(CCN(CC(=O)N2C(CC(=O)N(O)c3ccc(OC)cc3)CN(C)C(=O)C2C)S(=O)[O-])cc1. The molecule has 1 saturated heterocycles. The molecule has 3 amide bonds. The van der Waals surface area contributed by atoms with Crippen LogP contribution in [-0.2, 0) is 32.1 Å². The van der Waals surface area contributed by atoms with E-state index in [1.807, 2.05) is 0 Å². The first kappa shape index (κ1) is 30.0. The quantitative estimate of drug-likeness (QED) is 0.245. The van der Waals surface area contributed by atoms with E-state index in [4.69, 9.17) is 9.47 Å². The highest BCUT2D eigenvalue weighted by molar-refractivity contribution is 7.76. The number of hydrogen-bond donors (Lipinski definition) is 1. The van der Waals surface area contributed by atoms with Gasteiger partial charge in [-0.1, -0.05) is 12.1 Å². The number of benzene rings is 2. The van der Waals surface area contributed by atoms with Gasteiger partial charge < -0.3 is 23.8 Å². The third kappa shape index (κ3) is 7.53. The average molecular weight is 562 g/mol. The number of amides is 3. The third-order valence-electron chi connectivity index (χ3n) is 6.61. The van der Waals surface area contributed by atoms with Crippen LogP contribution in [0.3, 0.4) is 0 Å². The van der Waals surface area contributed by atoms with Crippen LogP contribution in [0.15, 0.2) is 48.5 Å². The molecule has 0 bridgehead atoms. The van der Waals surface area contributed by atoms with Gasteiger partial charge in [0.15, 0.2) is 0 Å². The van der Waals surface area contributed by atoms with Crippen molar-refractivity contribution in [2.75, 3.05) is 46.0 Å². The molecule has 212 valence electrons. The topological polar surface area (TPSA) is 143 Å². The van der Waals surface area contributed by atoms with Crippen LogP contribution in [-0.4, -0.2) is 98.8 Å². The fourth-order valence-corrected chi connectivity index (χ4v) is 4.93. The van der Waals surface area contributed by atoms with E-state index in [2.05, 4.69) is 0 Å². The lowest BCUT2D eigenvalue weighted by Crippen LogP contribution is -2.63. The van der Waals surface area contributed by atoms with Gasteiger partial charge >= 0.3 is 0 Å². The van der Waals surface area contributed by atoms with Crippen LogP contribution in [0, 0.1) is 0 Å². The van der Waals surface area contributed by atoms with Crippen molar-refractivity contribution in [2.45, 2.75) is 31.8 Å². The average Bonchev–Trinajstić information content (AvgIpc) is 2.93. The third-order valence-corrected chi connectivity index (χ3v) is 7.35. The largest absolute Gasteiger partial charge is 0.760 e. The lowest BCUT2D eigenvalue weighted by atomic mass is 10.0. The minimum absolute atomic E-state index is 0.0374. The van der Waals surface area contributed by atoms with Crippen LogP contribution in [0.25, 0.3) is 0 Å². The van der Waals surface area contributed by atoms with Crippen molar-refractivity contribution in [1.29, 1.82) is 0 Å². The molecular weight excluding hydrogens is 528 g/mol. The molecule has 2 aromatic carbocycles. The molecule has 0 radical (unpaired) electrons. The molecule has 3 atom stereocenters. The zero-order valence-corrected chi connectivity index (χ0v) is 23.1. The molecule has 2 aromatic rings. The monoisotopic (exact) mass is 561 g/mol. The van der Waals surface area contributed by atoms with Gasteiger partial charge in [0.1, 0.15) is 17.5 Å². The lowest BCUT2D eigenvalue weighted by Gasteiger charge is -2.44. The molecule has 1 N–H and O–H groups in total. The van der Waals surface area contributed by atoms with E-state index in [1.54, 1.807) is 50.6 Å². The molecule has 12 nitrogen and oxygen atoms in total. The standard InChI is InChI=1S/C26H34N4O8S/c1-18-26(33)27(2)16-21(15-24(31)30(34)20-7-11-23(38-4)12-8-20)29(18)25(32)17-28(39(35)36)14-13-19-5-9-22(37-3)10-6-19/h5-12,18,21,34H,13-17H2,1-4H3,(H,35,36)/p-1. The summed E-state index contributed by atoms with van der Waals surface area (Å²) in [5.74, 6) is -0.432. The summed E-state index contributed by atoms with van der Waals surface area (Å²) in [5, 5.41) is 11.0. The van der Waals surface area contributed by atoms with E-state index in [0.717, 1.165) is 9.87 Å². The number of piperazine rings is 1. The molecule has 39 heavy (non-hydrogen) atoms. The molecule has 3 unspecified atom stereocenters. The Morgan fingerprint density at radius 3 is 2.18 bits per heavy atom. The highest BCUT2D eigenvalue weighted by atomic mass is 32.2. The maximum atomic E-state index is 13.4. The highest BCUT2D eigenvalue weighted by Crippen LogP contribution is 2.23. The first-order valence-electron chi connectivity index (χ1n) is 12.2. The summed E-state index contributed by atoms with van der Waals surface area (Å²) < 4.78 is 35.1. The van der Waals surface area contributed by atoms with Gasteiger partial charge in [0.2, 0.25) is 11.8 Å². The molecule has 1 aliphatic rings. The van der Waals surface area contributed by atoms with Gasteiger partial charge in [-0.3, -0.25) is 23.8 Å². The molecule has 0 saturated carbocycles. The van der Waals surface area contributed by atoms with Gasteiger partial charge in [0.25, 0.3) is 5.91 Å². The number of carbonyl (C=O) groups is 3. The van der Waals surface area contributed by atoms with Crippen molar-refractivity contribution in [2.24, 2.45) is 0 Å². The number of hydroxylamine groups is 1. The highest BCUT2D eigenvalue weighted by Gasteiger charge is 2.41. The summed E-state index contributed by atoms with van der Waals surface area (Å²) in [7, 11) is 4.60. The van der Waals surface area contributed by atoms with Crippen molar-refractivity contribution >= 4 is 34.7 Å². The molecule has 1 heterocycles. The van der Waals surface area contributed by atoms with E-state index in [0.29, 0.717) is 23.0 Å². The molecule has 1 aliphatic heterocycles. The summed E-state index contributed by atoms with van der Waals surface area (Å²) >= 11 is -2.70. The van der Waals surface area contributed by atoms with Crippen LogP contribution in [0.5, 0.6) is 11.5 Å². The number of ether oxygens (including phenoxy) is 2. The van der Waals surface area contributed by atoms with Crippen LogP contribution in [0.4, 0.5) is 5.69 Å². The van der Waals surface area contributed by atoms with E-state index in [1.165, 1.54) is 36.0 Å². The van der Waals surface area contributed by atoms with Crippen LogP contribution in [0.1, 0.15) is 18.9 Å². The van der Waals surface area contributed by atoms with Gasteiger partial charge in [0.05, 0.1) is 38.9 Å². The summed E-state index contributed by atoms with van der Waals surface area (Å²) in [4.78, 5) is 41.7. The van der Waals surface area contributed by atoms with Gasteiger partial charge in [-0.15, -0.1) is 0 Å². The number of anilines is 1. The van der Waals surface area contributed by atoms with Gasteiger partial charge in [-0.05, 0) is 55.3 Å². The summed E-state index contributed by atoms with van der Waals surface area (Å²) in [6.07, 6.45) is 0.0638. The lowest BCUT2D eigenvalue weighted by molar-refractivity contribution is -0.155. The number of rotatable bonds is 11. The Bertz CT molecular complexity index is 1180. The maximum Gasteiger partial charge on any atom is 0.252 e. The second kappa shape index (κ2) is 13.5. The zero-order valence-electron chi connectivity index (χ0n) is 22.3.